The molecule has 1 rings (SSSR count). The minimum atomic E-state index is 0.0836. The third-order valence-corrected chi connectivity index (χ3v) is 3.92. The number of nitrogens with one attached hydrogen (secondary N) is 1. The lowest BCUT2D eigenvalue weighted by atomic mass is 10.2. The average molecular weight is 260 g/mol. The zero-order valence-corrected chi connectivity index (χ0v) is 11.6. The number of thiocarbonyl (C=S) groups is 1. The fraction of sp³-hybridized carbons (Fsp3) is 0.818. The van der Waals surface area contributed by atoms with Crippen LogP contribution in [-0.2, 0) is 4.79 Å². The fourth-order valence-electron chi connectivity index (χ4n) is 1.49. The molecule has 1 N–H and O–H groups in total. The van der Waals surface area contributed by atoms with Gasteiger partial charge in [-0.15, -0.1) is 0 Å². The summed E-state index contributed by atoms with van der Waals surface area (Å²) in [6.45, 7) is 7.03. The molecule has 0 bridgehead atoms. The van der Waals surface area contributed by atoms with Crippen LogP contribution in [-0.4, -0.2) is 40.5 Å². The van der Waals surface area contributed by atoms with Gasteiger partial charge < -0.3 is 10.2 Å². The smallest absolute Gasteiger partial charge is 0.230 e. The molecule has 0 aliphatic carbocycles. The number of amides is 1. The Kier molecular flexibility index (Phi) is 6.13. The highest BCUT2D eigenvalue weighted by Crippen LogP contribution is 2.15. The molecule has 0 aromatic rings. The van der Waals surface area contributed by atoms with E-state index in [1.165, 1.54) is 24.6 Å². The number of rotatable bonds is 4. The summed E-state index contributed by atoms with van der Waals surface area (Å²) in [6, 6.07) is 0. The van der Waals surface area contributed by atoms with Crippen LogP contribution in [0.3, 0.4) is 0 Å². The highest BCUT2D eigenvalue weighted by atomic mass is 32.2. The molecule has 0 saturated carbocycles. The SMILES string of the molecule is CC(C)CNC(=O)CSC(=S)N1CCCC1. The molecule has 1 aliphatic heterocycles. The number of nitrogens with zero attached hydrogens (tertiary/aromatic N) is 1. The van der Waals surface area contributed by atoms with Gasteiger partial charge in [-0.1, -0.05) is 37.8 Å². The first-order valence-electron chi connectivity index (χ1n) is 5.78. The van der Waals surface area contributed by atoms with E-state index in [-0.39, 0.29) is 5.91 Å². The van der Waals surface area contributed by atoms with E-state index in [9.17, 15) is 4.79 Å². The standard InChI is InChI=1S/C11H20N2OS2/c1-9(2)7-12-10(14)8-16-11(15)13-5-3-4-6-13/h9H,3-8H2,1-2H3,(H,12,14). The molecule has 16 heavy (non-hydrogen) atoms. The van der Waals surface area contributed by atoms with Crippen molar-refractivity contribution in [2.45, 2.75) is 26.7 Å². The zero-order chi connectivity index (χ0) is 12.0. The number of thioether (sulfide) groups is 1. The molecule has 92 valence electrons. The topological polar surface area (TPSA) is 32.3 Å². The Labute approximate surface area is 107 Å². The molecule has 0 atom stereocenters. The van der Waals surface area contributed by atoms with Gasteiger partial charge in [0.15, 0.2) is 0 Å². The van der Waals surface area contributed by atoms with E-state index in [0.717, 1.165) is 24.0 Å². The molecule has 1 saturated heterocycles. The van der Waals surface area contributed by atoms with E-state index in [1.807, 2.05) is 0 Å². The molecule has 0 spiro atoms. The van der Waals surface area contributed by atoms with Crippen molar-refractivity contribution in [1.29, 1.82) is 0 Å². The van der Waals surface area contributed by atoms with E-state index < -0.39 is 0 Å². The molecule has 1 heterocycles. The van der Waals surface area contributed by atoms with Gasteiger partial charge in [0, 0.05) is 19.6 Å². The van der Waals surface area contributed by atoms with Crippen molar-refractivity contribution in [3.05, 3.63) is 0 Å². The summed E-state index contributed by atoms with van der Waals surface area (Å²) in [5.41, 5.74) is 0. The van der Waals surface area contributed by atoms with Crippen molar-refractivity contribution in [3.63, 3.8) is 0 Å². The molecule has 0 unspecified atom stereocenters. The quantitative estimate of drug-likeness (QED) is 0.782. The summed E-state index contributed by atoms with van der Waals surface area (Å²) in [5.74, 6) is 1.03. The Balaban J connectivity index is 2.13. The van der Waals surface area contributed by atoms with Gasteiger partial charge in [-0.05, 0) is 18.8 Å². The van der Waals surface area contributed by atoms with Gasteiger partial charge in [-0.3, -0.25) is 4.79 Å². The highest BCUT2D eigenvalue weighted by molar-refractivity contribution is 8.23. The van der Waals surface area contributed by atoms with Gasteiger partial charge in [-0.2, -0.15) is 0 Å². The van der Waals surface area contributed by atoms with Gasteiger partial charge in [-0.25, -0.2) is 0 Å². The van der Waals surface area contributed by atoms with E-state index >= 15 is 0 Å². The summed E-state index contributed by atoms with van der Waals surface area (Å²) < 4.78 is 0.872. The van der Waals surface area contributed by atoms with Crippen molar-refractivity contribution in [1.82, 2.24) is 10.2 Å². The Morgan fingerprint density at radius 2 is 2.06 bits per heavy atom. The molecule has 0 radical (unpaired) electrons. The van der Waals surface area contributed by atoms with Crippen molar-refractivity contribution >= 4 is 34.2 Å². The van der Waals surface area contributed by atoms with Gasteiger partial charge in [0.25, 0.3) is 0 Å². The molecule has 5 heteroatoms. The van der Waals surface area contributed by atoms with Crippen LogP contribution in [0.1, 0.15) is 26.7 Å². The summed E-state index contributed by atoms with van der Waals surface area (Å²) in [5, 5.41) is 2.89. The third kappa shape index (κ3) is 5.16. The number of carbonyl (C=O) groups is 1. The summed E-state index contributed by atoms with van der Waals surface area (Å²) in [7, 11) is 0. The molecule has 0 aromatic heterocycles. The van der Waals surface area contributed by atoms with Crippen molar-refractivity contribution < 1.29 is 4.79 Å². The van der Waals surface area contributed by atoms with Gasteiger partial charge in [0.1, 0.15) is 4.32 Å². The molecular weight excluding hydrogens is 240 g/mol. The Morgan fingerprint density at radius 1 is 1.44 bits per heavy atom. The summed E-state index contributed by atoms with van der Waals surface area (Å²) in [6.07, 6.45) is 2.44. The van der Waals surface area contributed by atoms with Crippen LogP contribution in [0.2, 0.25) is 0 Å². The maximum absolute atomic E-state index is 11.5. The minimum absolute atomic E-state index is 0.0836. The lowest BCUT2D eigenvalue weighted by Crippen LogP contribution is -2.30. The minimum Gasteiger partial charge on any atom is -0.358 e. The first-order chi connectivity index (χ1) is 7.59. The number of hydrogen-bond donors (Lipinski definition) is 1. The van der Waals surface area contributed by atoms with Crippen LogP contribution >= 0.6 is 24.0 Å². The second-order valence-corrected chi connectivity index (χ2v) is 6.06. The van der Waals surface area contributed by atoms with E-state index in [2.05, 4.69) is 24.1 Å². The van der Waals surface area contributed by atoms with Crippen molar-refractivity contribution in [3.8, 4) is 0 Å². The van der Waals surface area contributed by atoms with Crippen LogP contribution in [0.25, 0.3) is 0 Å². The van der Waals surface area contributed by atoms with Crippen molar-refractivity contribution in [2.24, 2.45) is 5.92 Å². The predicted octanol–water partition coefficient (Wildman–Crippen LogP) is 1.87. The predicted molar refractivity (Wildman–Crippen MR) is 73.7 cm³/mol. The largest absolute Gasteiger partial charge is 0.358 e. The monoisotopic (exact) mass is 260 g/mol. The first-order valence-corrected chi connectivity index (χ1v) is 7.17. The van der Waals surface area contributed by atoms with Crippen LogP contribution < -0.4 is 5.32 Å². The lowest BCUT2D eigenvalue weighted by Gasteiger charge is -2.17. The molecule has 3 nitrogen and oxygen atoms in total. The van der Waals surface area contributed by atoms with Gasteiger partial charge >= 0.3 is 0 Å². The number of hydrogen-bond acceptors (Lipinski definition) is 3. The number of carbonyl (C=O) groups excluding carboxylic acids is 1. The molecule has 1 fully saturated rings. The Bertz CT molecular complexity index is 250. The highest BCUT2D eigenvalue weighted by Gasteiger charge is 2.15. The van der Waals surface area contributed by atoms with Crippen LogP contribution in [0.5, 0.6) is 0 Å². The second-order valence-electron chi connectivity index (χ2n) is 4.45. The van der Waals surface area contributed by atoms with Crippen LogP contribution in [0.15, 0.2) is 0 Å². The summed E-state index contributed by atoms with van der Waals surface area (Å²) in [4.78, 5) is 13.6. The lowest BCUT2D eigenvalue weighted by molar-refractivity contribution is -0.118. The number of likely N-dealkylation sites (tertiary alicyclic amines) is 1. The second kappa shape index (κ2) is 7.12. The van der Waals surface area contributed by atoms with E-state index in [1.54, 1.807) is 0 Å². The zero-order valence-electron chi connectivity index (χ0n) is 9.99. The molecular formula is C11H20N2OS2. The maximum Gasteiger partial charge on any atom is 0.230 e. The van der Waals surface area contributed by atoms with Crippen LogP contribution in [0, 0.1) is 5.92 Å². The van der Waals surface area contributed by atoms with E-state index in [4.69, 9.17) is 12.2 Å². The van der Waals surface area contributed by atoms with Gasteiger partial charge in [0.05, 0.1) is 5.75 Å². The normalized spacial score (nSPS) is 15.6. The van der Waals surface area contributed by atoms with E-state index in [0.29, 0.717) is 11.7 Å². The molecule has 1 amide bonds. The molecule has 1 aliphatic rings. The first kappa shape index (κ1) is 13.8. The fourth-order valence-corrected chi connectivity index (χ4v) is 2.57. The maximum atomic E-state index is 11.5. The molecule has 0 aromatic carbocycles. The Morgan fingerprint density at radius 3 is 2.62 bits per heavy atom. The van der Waals surface area contributed by atoms with Crippen molar-refractivity contribution in [2.75, 3.05) is 25.4 Å². The van der Waals surface area contributed by atoms with Crippen LogP contribution in [0.4, 0.5) is 0 Å². The third-order valence-electron chi connectivity index (χ3n) is 2.40. The average Bonchev–Trinajstić information content (AvgIpc) is 2.76. The van der Waals surface area contributed by atoms with Gasteiger partial charge in [0.2, 0.25) is 5.91 Å². The Hall–Kier alpha value is -0.290. The summed E-state index contributed by atoms with van der Waals surface area (Å²) >= 11 is 6.76.